The summed E-state index contributed by atoms with van der Waals surface area (Å²) < 4.78 is 28.0. The van der Waals surface area contributed by atoms with Crippen molar-refractivity contribution < 1.29 is 8.78 Å². The van der Waals surface area contributed by atoms with Crippen LogP contribution in [0.3, 0.4) is 0 Å². The molecule has 1 aromatic carbocycles. The summed E-state index contributed by atoms with van der Waals surface area (Å²) in [7, 11) is 0. The van der Waals surface area contributed by atoms with E-state index in [0.717, 1.165) is 29.4 Å². The molecule has 0 atom stereocenters. The number of halogens is 2. The molecule has 0 saturated carbocycles. The van der Waals surface area contributed by atoms with E-state index in [4.69, 9.17) is 0 Å². The molecule has 0 aliphatic rings. The van der Waals surface area contributed by atoms with E-state index < -0.39 is 11.6 Å². The molecule has 2 aromatic rings. The molecule has 2 nitrogen and oxygen atoms in total. The van der Waals surface area contributed by atoms with Gasteiger partial charge in [-0.2, -0.15) is 5.10 Å². The van der Waals surface area contributed by atoms with Gasteiger partial charge >= 0.3 is 0 Å². The van der Waals surface area contributed by atoms with Gasteiger partial charge in [-0.05, 0) is 38.0 Å². The zero-order valence-electron chi connectivity index (χ0n) is 10.1. The lowest BCUT2D eigenvalue weighted by Crippen LogP contribution is -2.02. The minimum atomic E-state index is -0.599. The number of hydrogen-bond donors (Lipinski definition) is 0. The first-order valence-electron chi connectivity index (χ1n) is 5.55. The van der Waals surface area contributed by atoms with Gasteiger partial charge in [-0.1, -0.05) is 6.92 Å². The third kappa shape index (κ3) is 1.95. The van der Waals surface area contributed by atoms with E-state index >= 15 is 0 Å². The summed E-state index contributed by atoms with van der Waals surface area (Å²) in [5.74, 6) is -1.18. The molecule has 0 aliphatic carbocycles. The minimum absolute atomic E-state index is 0.284. The Kier molecular flexibility index (Phi) is 2.96. The first kappa shape index (κ1) is 11.8. The second-order valence-corrected chi connectivity index (χ2v) is 4.01. The predicted octanol–water partition coefficient (Wildman–Crippen LogP) is 3.33. The molecule has 0 saturated heterocycles. The number of hydrogen-bond acceptors (Lipinski definition) is 1. The third-order valence-corrected chi connectivity index (χ3v) is 2.93. The Hall–Kier alpha value is -1.71. The topological polar surface area (TPSA) is 17.8 Å². The molecule has 0 amide bonds. The number of aromatic nitrogens is 2. The maximum absolute atomic E-state index is 13.7. The molecule has 17 heavy (non-hydrogen) atoms. The lowest BCUT2D eigenvalue weighted by molar-refractivity contribution is 0.572. The molecule has 90 valence electrons. The fraction of sp³-hybridized carbons (Fsp3) is 0.308. The fourth-order valence-electron chi connectivity index (χ4n) is 2.07. The van der Waals surface area contributed by atoms with Gasteiger partial charge in [0.2, 0.25) is 0 Å². The van der Waals surface area contributed by atoms with Crippen LogP contribution in [-0.2, 0) is 6.42 Å². The van der Waals surface area contributed by atoms with Gasteiger partial charge in [0.05, 0.1) is 5.69 Å². The van der Waals surface area contributed by atoms with Crippen LogP contribution in [0.5, 0.6) is 0 Å². The summed E-state index contributed by atoms with van der Waals surface area (Å²) in [5, 5.41) is 4.30. The highest BCUT2D eigenvalue weighted by molar-refractivity contribution is 5.38. The SMILES string of the molecule is CCc1c(C)nn(-c2ccc(F)cc2F)c1C. The van der Waals surface area contributed by atoms with Gasteiger partial charge in [0.1, 0.15) is 11.5 Å². The van der Waals surface area contributed by atoms with Crippen molar-refractivity contribution in [2.24, 2.45) is 0 Å². The molecule has 0 fully saturated rings. The average Bonchev–Trinajstić information content (AvgIpc) is 2.54. The largest absolute Gasteiger partial charge is 0.235 e. The van der Waals surface area contributed by atoms with Crippen molar-refractivity contribution in [3.05, 3.63) is 46.8 Å². The van der Waals surface area contributed by atoms with Crippen molar-refractivity contribution in [2.45, 2.75) is 27.2 Å². The van der Waals surface area contributed by atoms with E-state index in [-0.39, 0.29) is 5.69 Å². The number of rotatable bonds is 2. The summed E-state index contributed by atoms with van der Waals surface area (Å²) >= 11 is 0. The van der Waals surface area contributed by atoms with E-state index in [9.17, 15) is 8.78 Å². The predicted molar refractivity (Wildman–Crippen MR) is 62.3 cm³/mol. The Balaban J connectivity index is 2.61. The Bertz CT molecular complexity index is 559. The minimum Gasteiger partial charge on any atom is -0.235 e. The molecular formula is C13H14F2N2. The van der Waals surface area contributed by atoms with Crippen LogP contribution in [0.25, 0.3) is 5.69 Å². The second-order valence-electron chi connectivity index (χ2n) is 4.01. The van der Waals surface area contributed by atoms with Crippen LogP contribution >= 0.6 is 0 Å². The van der Waals surface area contributed by atoms with Gasteiger partial charge in [-0.15, -0.1) is 0 Å². The quantitative estimate of drug-likeness (QED) is 0.782. The standard InChI is InChI=1S/C13H14F2N2/c1-4-11-8(2)16-17(9(11)3)13-6-5-10(14)7-12(13)15/h5-7H,4H2,1-3H3. The maximum Gasteiger partial charge on any atom is 0.151 e. The van der Waals surface area contributed by atoms with E-state index in [1.807, 2.05) is 20.8 Å². The molecule has 0 radical (unpaired) electrons. The van der Waals surface area contributed by atoms with Crippen molar-refractivity contribution in [3.8, 4) is 5.69 Å². The Morgan fingerprint density at radius 2 is 1.94 bits per heavy atom. The van der Waals surface area contributed by atoms with Gasteiger partial charge in [0.15, 0.2) is 5.82 Å². The highest BCUT2D eigenvalue weighted by Crippen LogP contribution is 2.20. The Morgan fingerprint density at radius 1 is 1.24 bits per heavy atom. The highest BCUT2D eigenvalue weighted by Gasteiger charge is 2.14. The van der Waals surface area contributed by atoms with Crippen LogP contribution < -0.4 is 0 Å². The molecule has 0 spiro atoms. The smallest absolute Gasteiger partial charge is 0.151 e. The first-order chi connectivity index (χ1) is 8.04. The first-order valence-corrected chi connectivity index (χ1v) is 5.55. The lowest BCUT2D eigenvalue weighted by Gasteiger charge is -2.06. The summed E-state index contributed by atoms with van der Waals surface area (Å²) in [5.41, 5.74) is 3.17. The van der Waals surface area contributed by atoms with Crippen molar-refractivity contribution >= 4 is 0 Å². The molecular weight excluding hydrogens is 222 g/mol. The maximum atomic E-state index is 13.7. The molecule has 0 N–H and O–H groups in total. The van der Waals surface area contributed by atoms with Crippen LogP contribution in [0.4, 0.5) is 8.78 Å². The fourth-order valence-corrected chi connectivity index (χ4v) is 2.07. The van der Waals surface area contributed by atoms with Crippen LogP contribution in [0.1, 0.15) is 23.9 Å². The second kappa shape index (κ2) is 4.28. The molecule has 0 aliphatic heterocycles. The van der Waals surface area contributed by atoms with E-state index in [2.05, 4.69) is 5.10 Å². The van der Waals surface area contributed by atoms with Crippen LogP contribution in [0, 0.1) is 25.5 Å². The highest BCUT2D eigenvalue weighted by atomic mass is 19.1. The molecule has 1 heterocycles. The van der Waals surface area contributed by atoms with Gasteiger partial charge in [0.25, 0.3) is 0 Å². The van der Waals surface area contributed by atoms with Crippen LogP contribution in [-0.4, -0.2) is 9.78 Å². The molecule has 0 bridgehead atoms. The summed E-state index contributed by atoms with van der Waals surface area (Å²) in [6.07, 6.45) is 0.848. The van der Waals surface area contributed by atoms with E-state index in [0.29, 0.717) is 0 Å². The third-order valence-electron chi connectivity index (χ3n) is 2.93. The zero-order valence-corrected chi connectivity index (χ0v) is 10.1. The number of benzene rings is 1. The van der Waals surface area contributed by atoms with Gasteiger partial charge in [-0.3, -0.25) is 0 Å². The lowest BCUT2D eigenvalue weighted by atomic mass is 10.1. The number of nitrogens with zero attached hydrogens (tertiary/aromatic N) is 2. The monoisotopic (exact) mass is 236 g/mol. The molecule has 4 heteroatoms. The van der Waals surface area contributed by atoms with Crippen LogP contribution in [0.15, 0.2) is 18.2 Å². The van der Waals surface area contributed by atoms with Crippen molar-refractivity contribution in [2.75, 3.05) is 0 Å². The van der Waals surface area contributed by atoms with Gasteiger partial charge < -0.3 is 0 Å². The van der Waals surface area contributed by atoms with Crippen molar-refractivity contribution in [3.63, 3.8) is 0 Å². The van der Waals surface area contributed by atoms with Crippen LogP contribution in [0.2, 0.25) is 0 Å². The average molecular weight is 236 g/mol. The van der Waals surface area contributed by atoms with E-state index in [1.165, 1.54) is 16.8 Å². The van der Waals surface area contributed by atoms with Crippen molar-refractivity contribution in [1.29, 1.82) is 0 Å². The van der Waals surface area contributed by atoms with Crippen molar-refractivity contribution in [1.82, 2.24) is 9.78 Å². The molecule has 2 rings (SSSR count). The van der Waals surface area contributed by atoms with E-state index in [1.54, 1.807) is 0 Å². The van der Waals surface area contributed by atoms with Gasteiger partial charge in [-0.25, -0.2) is 13.5 Å². The van der Waals surface area contributed by atoms with Gasteiger partial charge in [0, 0.05) is 11.8 Å². The molecule has 1 aromatic heterocycles. The molecule has 0 unspecified atom stereocenters. The Labute approximate surface area is 98.9 Å². The summed E-state index contributed by atoms with van der Waals surface area (Å²) in [6.45, 7) is 5.81. The summed E-state index contributed by atoms with van der Waals surface area (Å²) in [4.78, 5) is 0. The number of aryl methyl sites for hydroxylation is 1. The summed E-state index contributed by atoms with van der Waals surface area (Å²) in [6, 6.07) is 3.52. The Morgan fingerprint density at radius 3 is 2.47 bits per heavy atom. The normalized spacial score (nSPS) is 10.9. The zero-order chi connectivity index (χ0) is 12.6.